The highest BCUT2D eigenvalue weighted by molar-refractivity contribution is 5.76. The highest BCUT2D eigenvalue weighted by Crippen LogP contribution is 2.30. The fourth-order valence-corrected chi connectivity index (χ4v) is 3.15. The average molecular weight is 303 g/mol. The van der Waals surface area contributed by atoms with Crippen molar-refractivity contribution >= 4 is 11.9 Å². The molecule has 2 rings (SSSR count). The van der Waals surface area contributed by atoms with Crippen LogP contribution in [0.3, 0.4) is 0 Å². The van der Waals surface area contributed by atoms with Crippen molar-refractivity contribution in [3.05, 3.63) is 35.9 Å². The van der Waals surface area contributed by atoms with Crippen LogP contribution in [0.1, 0.15) is 37.7 Å². The summed E-state index contributed by atoms with van der Waals surface area (Å²) in [6.45, 7) is 0.577. The summed E-state index contributed by atoms with van der Waals surface area (Å²) in [5, 5.41) is 2.98. The van der Waals surface area contributed by atoms with E-state index in [1.54, 1.807) is 0 Å². The van der Waals surface area contributed by atoms with Crippen LogP contribution in [0.15, 0.2) is 30.3 Å². The maximum Gasteiger partial charge on any atom is 0.309 e. The number of benzene rings is 1. The lowest BCUT2D eigenvalue weighted by atomic mass is 9.79. The molecule has 4 heteroatoms. The van der Waals surface area contributed by atoms with E-state index in [1.165, 1.54) is 12.7 Å². The van der Waals surface area contributed by atoms with Crippen LogP contribution >= 0.6 is 0 Å². The third-order valence-electron chi connectivity index (χ3n) is 4.46. The third kappa shape index (κ3) is 4.86. The molecule has 1 fully saturated rings. The van der Waals surface area contributed by atoms with Gasteiger partial charge in [0.1, 0.15) is 0 Å². The maximum absolute atomic E-state index is 12.0. The minimum Gasteiger partial charge on any atom is -0.469 e. The van der Waals surface area contributed by atoms with Crippen molar-refractivity contribution in [1.29, 1.82) is 0 Å². The lowest BCUT2D eigenvalue weighted by Gasteiger charge is -2.29. The van der Waals surface area contributed by atoms with E-state index >= 15 is 0 Å². The van der Waals surface area contributed by atoms with Crippen molar-refractivity contribution in [2.24, 2.45) is 11.8 Å². The van der Waals surface area contributed by atoms with Gasteiger partial charge in [-0.25, -0.2) is 0 Å². The second-order valence-electron chi connectivity index (χ2n) is 5.96. The first-order valence-electron chi connectivity index (χ1n) is 8.09. The van der Waals surface area contributed by atoms with Crippen LogP contribution in [0.2, 0.25) is 0 Å². The molecule has 0 spiro atoms. The van der Waals surface area contributed by atoms with Gasteiger partial charge in [-0.3, -0.25) is 9.59 Å². The summed E-state index contributed by atoms with van der Waals surface area (Å²) >= 11 is 0. The number of carbonyl (C=O) groups excluding carboxylic acids is 2. The Bertz CT molecular complexity index is 486. The van der Waals surface area contributed by atoms with E-state index in [4.69, 9.17) is 4.74 Å². The number of amides is 1. The van der Waals surface area contributed by atoms with E-state index in [2.05, 4.69) is 5.32 Å². The molecule has 1 aliphatic rings. The van der Waals surface area contributed by atoms with E-state index in [1.807, 2.05) is 30.3 Å². The third-order valence-corrected chi connectivity index (χ3v) is 4.46. The molecule has 0 radical (unpaired) electrons. The predicted molar refractivity (Wildman–Crippen MR) is 85.2 cm³/mol. The van der Waals surface area contributed by atoms with Gasteiger partial charge in [-0.05, 0) is 30.7 Å². The van der Waals surface area contributed by atoms with Crippen LogP contribution < -0.4 is 5.32 Å². The molecule has 1 aromatic rings. The van der Waals surface area contributed by atoms with E-state index in [0.717, 1.165) is 32.1 Å². The highest BCUT2D eigenvalue weighted by Gasteiger charge is 2.31. The van der Waals surface area contributed by atoms with Crippen LogP contribution in [-0.2, 0) is 20.7 Å². The number of carbonyl (C=O) groups is 2. The first-order chi connectivity index (χ1) is 10.7. The normalized spacial score (nSPS) is 21.1. The van der Waals surface area contributed by atoms with Crippen molar-refractivity contribution in [1.82, 2.24) is 5.32 Å². The molecule has 2 unspecified atom stereocenters. The first-order valence-corrected chi connectivity index (χ1v) is 8.09. The number of methoxy groups -OCH3 is 1. The van der Waals surface area contributed by atoms with E-state index in [0.29, 0.717) is 13.0 Å². The van der Waals surface area contributed by atoms with Crippen LogP contribution in [0, 0.1) is 11.8 Å². The topological polar surface area (TPSA) is 55.4 Å². The van der Waals surface area contributed by atoms with Crippen LogP contribution in [0.25, 0.3) is 0 Å². The molecule has 1 N–H and O–H groups in total. The van der Waals surface area contributed by atoms with E-state index in [-0.39, 0.29) is 23.7 Å². The number of hydrogen-bond acceptors (Lipinski definition) is 3. The van der Waals surface area contributed by atoms with Gasteiger partial charge in [0.15, 0.2) is 0 Å². The fourth-order valence-electron chi connectivity index (χ4n) is 3.15. The summed E-state index contributed by atoms with van der Waals surface area (Å²) in [5.41, 5.74) is 1.17. The summed E-state index contributed by atoms with van der Waals surface area (Å²) in [7, 11) is 1.44. The number of aryl methyl sites for hydroxylation is 1. The van der Waals surface area contributed by atoms with Gasteiger partial charge in [-0.2, -0.15) is 0 Å². The molecule has 1 aliphatic carbocycles. The molecular formula is C18H25NO3. The molecule has 4 nitrogen and oxygen atoms in total. The summed E-state index contributed by atoms with van der Waals surface area (Å²) in [6, 6.07) is 10.00. The van der Waals surface area contributed by atoms with Gasteiger partial charge in [-0.1, -0.05) is 43.2 Å². The number of rotatable bonds is 6. The van der Waals surface area contributed by atoms with Crippen molar-refractivity contribution in [3.8, 4) is 0 Å². The fraction of sp³-hybridized carbons (Fsp3) is 0.556. The molecule has 0 bridgehead atoms. The first kappa shape index (κ1) is 16.5. The standard InChI is InChI=1S/C18H25NO3/c1-22-18(21)16-10-6-5-9-15(16)13-19-17(20)12-11-14-7-3-2-4-8-14/h2-4,7-8,15-16H,5-6,9-13H2,1H3,(H,19,20). The summed E-state index contributed by atoms with van der Waals surface area (Å²) < 4.78 is 4.88. The van der Waals surface area contributed by atoms with Crippen LogP contribution in [0.5, 0.6) is 0 Å². The molecule has 1 aromatic carbocycles. The molecule has 1 amide bonds. The quantitative estimate of drug-likeness (QED) is 0.822. The summed E-state index contributed by atoms with van der Waals surface area (Å²) in [4.78, 5) is 23.8. The Hall–Kier alpha value is -1.84. The molecule has 0 saturated heterocycles. The van der Waals surface area contributed by atoms with Crippen LogP contribution in [-0.4, -0.2) is 25.5 Å². The monoisotopic (exact) mass is 303 g/mol. The number of nitrogens with one attached hydrogen (secondary N) is 1. The van der Waals surface area contributed by atoms with E-state index < -0.39 is 0 Å². The highest BCUT2D eigenvalue weighted by atomic mass is 16.5. The van der Waals surface area contributed by atoms with Gasteiger partial charge < -0.3 is 10.1 Å². The number of hydrogen-bond donors (Lipinski definition) is 1. The lowest BCUT2D eigenvalue weighted by molar-refractivity contribution is -0.148. The van der Waals surface area contributed by atoms with Crippen molar-refractivity contribution in [3.63, 3.8) is 0 Å². The zero-order chi connectivity index (χ0) is 15.8. The van der Waals surface area contributed by atoms with Crippen molar-refractivity contribution in [2.75, 3.05) is 13.7 Å². The number of esters is 1. The largest absolute Gasteiger partial charge is 0.469 e. The molecular weight excluding hydrogens is 278 g/mol. The SMILES string of the molecule is COC(=O)C1CCCCC1CNC(=O)CCc1ccccc1. The molecule has 0 aromatic heterocycles. The summed E-state index contributed by atoms with van der Waals surface area (Å²) in [6.07, 6.45) is 5.28. The van der Waals surface area contributed by atoms with Crippen molar-refractivity contribution < 1.29 is 14.3 Å². The summed E-state index contributed by atoms with van der Waals surface area (Å²) in [5.74, 6) is 0.0660. The minimum atomic E-state index is -0.136. The Morgan fingerprint density at radius 3 is 2.64 bits per heavy atom. The molecule has 0 aliphatic heterocycles. The van der Waals surface area contributed by atoms with Crippen LogP contribution in [0.4, 0.5) is 0 Å². The molecule has 0 heterocycles. The van der Waals surface area contributed by atoms with Crippen molar-refractivity contribution in [2.45, 2.75) is 38.5 Å². The van der Waals surface area contributed by atoms with Gasteiger partial charge in [0.25, 0.3) is 0 Å². The van der Waals surface area contributed by atoms with Gasteiger partial charge in [-0.15, -0.1) is 0 Å². The van der Waals surface area contributed by atoms with E-state index in [9.17, 15) is 9.59 Å². The second kappa shape index (κ2) is 8.57. The van der Waals surface area contributed by atoms with Gasteiger partial charge in [0, 0.05) is 13.0 Å². The predicted octanol–water partition coefficient (Wildman–Crippen LogP) is 2.71. The van der Waals surface area contributed by atoms with Gasteiger partial charge >= 0.3 is 5.97 Å². The second-order valence-corrected chi connectivity index (χ2v) is 5.96. The lowest BCUT2D eigenvalue weighted by Crippen LogP contribution is -2.37. The molecule has 22 heavy (non-hydrogen) atoms. The Kier molecular flexibility index (Phi) is 6.44. The van der Waals surface area contributed by atoms with Gasteiger partial charge in [0.05, 0.1) is 13.0 Å². The number of ether oxygens (including phenoxy) is 1. The Balaban J connectivity index is 1.75. The zero-order valence-corrected chi connectivity index (χ0v) is 13.2. The zero-order valence-electron chi connectivity index (χ0n) is 13.2. The Morgan fingerprint density at radius 2 is 1.91 bits per heavy atom. The molecule has 2 atom stereocenters. The molecule has 1 saturated carbocycles. The Labute approximate surface area is 132 Å². The average Bonchev–Trinajstić information content (AvgIpc) is 2.58. The minimum absolute atomic E-state index is 0.0537. The molecule has 120 valence electrons. The van der Waals surface area contributed by atoms with Gasteiger partial charge in [0.2, 0.25) is 5.91 Å². The smallest absolute Gasteiger partial charge is 0.309 e. The Morgan fingerprint density at radius 1 is 1.18 bits per heavy atom. The maximum atomic E-state index is 12.0.